The van der Waals surface area contributed by atoms with Crippen molar-refractivity contribution >= 4 is 21.6 Å². The van der Waals surface area contributed by atoms with Gasteiger partial charge in [-0.3, -0.25) is 4.79 Å². The van der Waals surface area contributed by atoms with Crippen molar-refractivity contribution in [3.63, 3.8) is 0 Å². The summed E-state index contributed by atoms with van der Waals surface area (Å²) >= 11 is 0. The van der Waals surface area contributed by atoms with E-state index >= 15 is 0 Å². The smallest absolute Gasteiger partial charge is 0.272 e. The quantitative estimate of drug-likeness (QED) is 0.872. The summed E-state index contributed by atoms with van der Waals surface area (Å²) < 4.78 is 28.9. The summed E-state index contributed by atoms with van der Waals surface area (Å²) in [6.07, 6.45) is 3.25. The average molecular weight is 390 g/mol. The van der Waals surface area contributed by atoms with E-state index in [0.717, 1.165) is 24.0 Å². The van der Waals surface area contributed by atoms with Crippen molar-refractivity contribution in [2.45, 2.75) is 38.5 Å². The van der Waals surface area contributed by atoms with Crippen LogP contribution in [0.5, 0.6) is 0 Å². The number of aryl methyl sites for hydroxylation is 3. The van der Waals surface area contributed by atoms with Gasteiger partial charge in [0, 0.05) is 32.0 Å². The van der Waals surface area contributed by atoms with Crippen LogP contribution in [-0.4, -0.2) is 36.3 Å². The van der Waals surface area contributed by atoms with Crippen LogP contribution in [0.2, 0.25) is 0 Å². The Bertz CT molecular complexity index is 935. The van der Waals surface area contributed by atoms with Gasteiger partial charge < -0.3 is 9.88 Å². The van der Waals surface area contributed by atoms with Gasteiger partial charge in [0.1, 0.15) is 10.6 Å². The largest absolute Gasteiger partial charge is 0.345 e. The van der Waals surface area contributed by atoms with Gasteiger partial charge in [-0.2, -0.15) is 4.31 Å². The van der Waals surface area contributed by atoms with Crippen LogP contribution in [0.3, 0.4) is 0 Å². The average Bonchev–Trinajstić information content (AvgIpc) is 2.97. The Hall–Kier alpha value is -2.12. The van der Waals surface area contributed by atoms with Gasteiger partial charge in [0.25, 0.3) is 5.91 Å². The molecule has 0 unspecified atom stereocenters. The van der Waals surface area contributed by atoms with Gasteiger partial charge in [0.05, 0.1) is 0 Å². The Labute approximate surface area is 161 Å². The predicted octanol–water partition coefficient (Wildman–Crippen LogP) is 3.31. The fraction of sp³-hybridized carbons (Fsp3) is 0.450. The molecule has 1 aliphatic heterocycles. The monoisotopic (exact) mass is 389 g/mol. The first kappa shape index (κ1) is 19.6. The van der Waals surface area contributed by atoms with E-state index in [-0.39, 0.29) is 10.8 Å². The van der Waals surface area contributed by atoms with E-state index in [0.29, 0.717) is 30.4 Å². The Kier molecular flexibility index (Phi) is 5.44. The lowest BCUT2D eigenvalue weighted by atomic mass is 10.0. The molecule has 1 aromatic heterocycles. The highest BCUT2D eigenvalue weighted by Crippen LogP contribution is 2.25. The van der Waals surface area contributed by atoms with Crippen molar-refractivity contribution in [3.05, 3.63) is 47.3 Å². The van der Waals surface area contributed by atoms with Gasteiger partial charge in [-0.15, -0.1) is 0 Å². The summed E-state index contributed by atoms with van der Waals surface area (Å²) in [6.45, 7) is 7.14. The minimum Gasteiger partial charge on any atom is -0.345 e. The molecule has 3 rings (SSSR count). The number of hydrogen-bond acceptors (Lipinski definition) is 3. The Balaban J connectivity index is 1.82. The zero-order chi connectivity index (χ0) is 19.8. The second-order valence-electron chi connectivity index (χ2n) is 7.59. The van der Waals surface area contributed by atoms with E-state index in [1.54, 1.807) is 11.6 Å². The number of sulfonamides is 1. The third-order valence-electron chi connectivity index (χ3n) is 5.07. The highest BCUT2D eigenvalue weighted by atomic mass is 32.2. The standard InChI is InChI=1S/C20H27N3O3S/c1-14-5-7-23(8-6-14)27(25,26)18-12-19(22(4)13-18)20(24)21-17-10-15(2)9-16(3)11-17/h9-14H,5-8H2,1-4H3,(H,21,24). The summed E-state index contributed by atoms with van der Waals surface area (Å²) in [5.41, 5.74) is 3.13. The van der Waals surface area contributed by atoms with Crippen molar-refractivity contribution in [1.29, 1.82) is 0 Å². The van der Waals surface area contributed by atoms with Crippen LogP contribution in [0.4, 0.5) is 5.69 Å². The van der Waals surface area contributed by atoms with Crippen LogP contribution >= 0.6 is 0 Å². The van der Waals surface area contributed by atoms with Crippen molar-refractivity contribution in [1.82, 2.24) is 8.87 Å². The number of nitrogens with one attached hydrogen (secondary N) is 1. The molecule has 2 aromatic rings. The normalized spacial score (nSPS) is 16.4. The molecule has 27 heavy (non-hydrogen) atoms. The zero-order valence-corrected chi connectivity index (χ0v) is 17.1. The number of carbonyl (C=O) groups is 1. The number of amides is 1. The molecule has 6 nitrogen and oxygen atoms in total. The fourth-order valence-electron chi connectivity index (χ4n) is 3.52. The van der Waals surface area contributed by atoms with Gasteiger partial charge in [-0.1, -0.05) is 13.0 Å². The van der Waals surface area contributed by atoms with E-state index in [1.165, 1.54) is 16.6 Å². The molecule has 1 saturated heterocycles. The number of nitrogens with zero attached hydrogens (tertiary/aromatic N) is 2. The molecular weight excluding hydrogens is 362 g/mol. The number of rotatable bonds is 4. The van der Waals surface area contributed by atoms with Gasteiger partial charge in [0.15, 0.2) is 0 Å². The maximum absolute atomic E-state index is 12.9. The molecule has 1 fully saturated rings. The molecule has 0 atom stereocenters. The topological polar surface area (TPSA) is 71.4 Å². The fourth-order valence-corrected chi connectivity index (χ4v) is 5.06. The summed E-state index contributed by atoms with van der Waals surface area (Å²) in [7, 11) is -1.89. The van der Waals surface area contributed by atoms with Crippen molar-refractivity contribution in [2.75, 3.05) is 18.4 Å². The van der Waals surface area contributed by atoms with Crippen LogP contribution in [0.15, 0.2) is 35.4 Å². The molecule has 0 saturated carbocycles. The molecule has 1 N–H and O–H groups in total. The molecule has 7 heteroatoms. The van der Waals surface area contributed by atoms with Crippen LogP contribution < -0.4 is 5.32 Å². The predicted molar refractivity (Wildman–Crippen MR) is 106 cm³/mol. The second-order valence-corrected chi connectivity index (χ2v) is 9.53. The van der Waals surface area contributed by atoms with Gasteiger partial charge in [-0.05, 0) is 61.9 Å². The van der Waals surface area contributed by atoms with E-state index in [1.807, 2.05) is 32.0 Å². The molecule has 1 aromatic carbocycles. The minimum absolute atomic E-state index is 0.171. The molecule has 2 heterocycles. The number of carbonyl (C=O) groups excluding carboxylic acids is 1. The summed E-state index contributed by atoms with van der Waals surface area (Å²) in [5, 5.41) is 2.86. The third-order valence-corrected chi connectivity index (χ3v) is 6.94. The Morgan fingerprint density at radius 2 is 1.67 bits per heavy atom. The maximum Gasteiger partial charge on any atom is 0.272 e. The highest BCUT2D eigenvalue weighted by molar-refractivity contribution is 7.89. The second kappa shape index (κ2) is 7.48. The first-order valence-corrected chi connectivity index (χ1v) is 10.7. The summed E-state index contributed by atoms with van der Waals surface area (Å²) in [6, 6.07) is 7.27. The third kappa shape index (κ3) is 4.25. The number of aromatic nitrogens is 1. The number of benzene rings is 1. The number of hydrogen-bond donors (Lipinski definition) is 1. The van der Waals surface area contributed by atoms with E-state index in [9.17, 15) is 13.2 Å². The number of piperidine rings is 1. The first-order valence-electron chi connectivity index (χ1n) is 9.23. The molecule has 0 radical (unpaired) electrons. The van der Waals surface area contributed by atoms with Crippen LogP contribution in [0.1, 0.15) is 41.4 Å². The molecule has 146 valence electrons. The van der Waals surface area contributed by atoms with Crippen molar-refractivity contribution < 1.29 is 13.2 Å². The maximum atomic E-state index is 12.9. The summed E-state index contributed by atoms with van der Waals surface area (Å²) in [5.74, 6) is 0.225. The van der Waals surface area contributed by atoms with Gasteiger partial charge >= 0.3 is 0 Å². The molecule has 0 aliphatic carbocycles. The zero-order valence-electron chi connectivity index (χ0n) is 16.3. The molecule has 1 amide bonds. The SMILES string of the molecule is Cc1cc(C)cc(NC(=O)c2cc(S(=O)(=O)N3CCC(C)CC3)cn2C)c1. The van der Waals surface area contributed by atoms with E-state index in [2.05, 4.69) is 12.2 Å². The van der Waals surface area contributed by atoms with E-state index < -0.39 is 10.0 Å². The lowest BCUT2D eigenvalue weighted by molar-refractivity contribution is 0.101. The van der Waals surface area contributed by atoms with Crippen molar-refractivity contribution in [3.8, 4) is 0 Å². The summed E-state index contributed by atoms with van der Waals surface area (Å²) in [4.78, 5) is 12.8. The van der Waals surface area contributed by atoms with Crippen molar-refractivity contribution in [2.24, 2.45) is 13.0 Å². The number of anilines is 1. The first-order chi connectivity index (χ1) is 12.7. The van der Waals surface area contributed by atoms with Crippen LogP contribution in [-0.2, 0) is 17.1 Å². The van der Waals surface area contributed by atoms with Gasteiger partial charge in [-0.25, -0.2) is 8.42 Å². The highest BCUT2D eigenvalue weighted by Gasteiger charge is 2.30. The van der Waals surface area contributed by atoms with Crippen LogP contribution in [0.25, 0.3) is 0 Å². The Morgan fingerprint density at radius 1 is 1.07 bits per heavy atom. The lowest BCUT2D eigenvalue weighted by Crippen LogP contribution is -2.37. The lowest BCUT2D eigenvalue weighted by Gasteiger charge is -2.29. The van der Waals surface area contributed by atoms with E-state index in [4.69, 9.17) is 0 Å². The van der Waals surface area contributed by atoms with Crippen LogP contribution in [0, 0.1) is 19.8 Å². The van der Waals surface area contributed by atoms with Gasteiger partial charge in [0.2, 0.25) is 10.0 Å². The molecule has 0 spiro atoms. The molecule has 1 aliphatic rings. The molecule has 0 bridgehead atoms. The Morgan fingerprint density at radius 3 is 2.26 bits per heavy atom. The minimum atomic E-state index is -3.57. The molecular formula is C20H27N3O3S.